The Labute approximate surface area is 165 Å². The van der Waals surface area contributed by atoms with Gasteiger partial charge in [-0.05, 0) is 65.9 Å². The topological polar surface area (TPSA) is 25.8 Å². The second-order valence-corrected chi connectivity index (χ2v) is 8.84. The quantitative estimate of drug-likeness (QED) is 0.316. The highest BCUT2D eigenvalue weighted by Crippen LogP contribution is 2.38. The maximum Gasteiger partial charge on any atom is 0.114 e. The van der Waals surface area contributed by atoms with E-state index in [4.69, 9.17) is 0 Å². The zero-order chi connectivity index (χ0) is 18.2. The van der Waals surface area contributed by atoms with E-state index in [1.807, 2.05) is 11.3 Å². The van der Waals surface area contributed by atoms with Crippen molar-refractivity contribution in [3.8, 4) is 10.4 Å². The Morgan fingerprint density at radius 2 is 1.69 bits per heavy atom. The smallest absolute Gasteiger partial charge is 0.114 e. The first-order valence-electron chi connectivity index (χ1n) is 10.2. The van der Waals surface area contributed by atoms with Gasteiger partial charge in [0.25, 0.3) is 0 Å². The van der Waals surface area contributed by atoms with Crippen molar-refractivity contribution < 1.29 is 0 Å². The number of fused-ring (bicyclic) bond motifs is 1. The fraction of sp³-hybridized carbons (Fsp3) is 0.545. The van der Waals surface area contributed by atoms with Crippen LogP contribution in [-0.4, -0.2) is 9.59 Å². The standard InChI is InChI=1S/C22H30N2S2/c1-3-5-7-9-12-17-16-20-22(23-24-26-20)21(19-14-11-15-25-19)18(17)13-10-8-6-4-2/h11,14-16H,3-10,12-13H2,1-2H3. The summed E-state index contributed by atoms with van der Waals surface area (Å²) in [5, 5.41) is 6.68. The number of hydrogen-bond donors (Lipinski definition) is 0. The van der Waals surface area contributed by atoms with Gasteiger partial charge in [0.15, 0.2) is 0 Å². The van der Waals surface area contributed by atoms with E-state index in [9.17, 15) is 0 Å². The third-order valence-electron chi connectivity index (χ3n) is 5.09. The number of nitrogens with zero attached hydrogens (tertiary/aromatic N) is 2. The van der Waals surface area contributed by atoms with Crippen LogP contribution in [-0.2, 0) is 12.8 Å². The third-order valence-corrected chi connectivity index (χ3v) is 6.65. The lowest BCUT2D eigenvalue weighted by molar-refractivity contribution is 0.651. The minimum atomic E-state index is 1.11. The van der Waals surface area contributed by atoms with Gasteiger partial charge in [-0.1, -0.05) is 62.9 Å². The summed E-state index contributed by atoms with van der Waals surface area (Å²) in [5.41, 5.74) is 5.56. The molecule has 4 heteroatoms. The molecule has 0 amide bonds. The number of aryl methyl sites for hydroxylation is 1. The van der Waals surface area contributed by atoms with E-state index in [1.54, 1.807) is 22.7 Å². The number of rotatable bonds is 11. The molecule has 0 saturated carbocycles. The van der Waals surface area contributed by atoms with Crippen LogP contribution in [0.2, 0.25) is 0 Å². The maximum atomic E-state index is 4.51. The summed E-state index contributed by atoms with van der Waals surface area (Å²) in [4.78, 5) is 1.35. The molecule has 0 aliphatic heterocycles. The Morgan fingerprint density at radius 3 is 2.38 bits per heavy atom. The average molecular weight is 387 g/mol. The lowest BCUT2D eigenvalue weighted by atomic mass is 9.91. The first kappa shape index (κ1) is 19.5. The zero-order valence-corrected chi connectivity index (χ0v) is 17.7. The van der Waals surface area contributed by atoms with Gasteiger partial charge in [0.1, 0.15) is 5.52 Å². The van der Waals surface area contributed by atoms with Crippen LogP contribution < -0.4 is 0 Å². The monoisotopic (exact) mass is 386 g/mol. The van der Waals surface area contributed by atoms with Crippen molar-refractivity contribution in [1.82, 2.24) is 9.59 Å². The van der Waals surface area contributed by atoms with Gasteiger partial charge < -0.3 is 0 Å². The van der Waals surface area contributed by atoms with Gasteiger partial charge in [-0.3, -0.25) is 0 Å². The molecule has 2 nitrogen and oxygen atoms in total. The summed E-state index contributed by atoms with van der Waals surface area (Å²) in [6, 6.07) is 6.79. The molecule has 0 N–H and O–H groups in total. The van der Waals surface area contributed by atoms with E-state index in [2.05, 4.69) is 47.0 Å². The highest BCUT2D eigenvalue weighted by atomic mass is 32.1. The normalized spacial score (nSPS) is 11.5. The van der Waals surface area contributed by atoms with Gasteiger partial charge in [-0.25, -0.2) is 0 Å². The Bertz CT molecular complexity index is 790. The summed E-state index contributed by atoms with van der Waals surface area (Å²) in [5.74, 6) is 0. The minimum absolute atomic E-state index is 1.11. The van der Waals surface area contributed by atoms with Crippen LogP contribution in [0.25, 0.3) is 20.7 Å². The van der Waals surface area contributed by atoms with Gasteiger partial charge in [-0.15, -0.1) is 16.4 Å². The molecule has 3 aromatic rings. The Balaban J connectivity index is 1.96. The van der Waals surface area contributed by atoms with Gasteiger partial charge >= 0.3 is 0 Å². The zero-order valence-electron chi connectivity index (χ0n) is 16.1. The molecule has 1 aromatic carbocycles. The lowest BCUT2D eigenvalue weighted by Gasteiger charge is -2.15. The van der Waals surface area contributed by atoms with Crippen molar-refractivity contribution in [2.75, 3.05) is 0 Å². The van der Waals surface area contributed by atoms with E-state index < -0.39 is 0 Å². The number of benzene rings is 1. The van der Waals surface area contributed by atoms with E-state index >= 15 is 0 Å². The van der Waals surface area contributed by atoms with Crippen LogP contribution in [0.5, 0.6) is 0 Å². The van der Waals surface area contributed by atoms with Gasteiger partial charge in [-0.2, -0.15) is 0 Å². The summed E-state index contributed by atoms with van der Waals surface area (Å²) >= 11 is 3.37. The lowest BCUT2D eigenvalue weighted by Crippen LogP contribution is -2.00. The average Bonchev–Trinajstić information content (AvgIpc) is 3.33. The molecule has 0 radical (unpaired) electrons. The molecule has 0 unspecified atom stereocenters. The van der Waals surface area contributed by atoms with Crippen LogP contribution >= 0.6 is 22.9 Å². The summed E-state index contributed by atoms with van der Waals surface area (Å²) in [6.07, 6.45) is 12.8. The largest absolute Gasteiger partial charge is 0.144 e. The molecule has 0 fully saturated rings. The van der Waals surface area contributed by atoms with E-state index in [1.165, 1.54) is 79.3 Å². The Morgan fingerprint density at radius 1 is 0.923 bits per heavy atom. The fourth-order valence-electron chi connectivity index (χ4n) is 3.68. The van der Waals surface area contributed by atoms with Crippen LogP contribution in [0.4, 0.5) is 0 Å². The molecule has 0 spiro atoms. The second kappa shape index (κ2) is 10.2. The molecule has 26 heavy (non-hydrogen) atoms. The predicted molar refractivity (Wildman–Crippen MR) is 116 cm³/mol. The van der Waals surface area contributed by atoms with Crippen molar-refractivity contribution >= 4 is 33.1 Å². The van der Waals surface area contributed by atoms with E-state index in [0.717, 1.165) is 5.52 Å². The molecule has 2 aromatic heterocycles. The highest BCUT2D eigenvalue weighted by Gasteiger charge is 2.18. The third kappa shape index (κ3) is 4.72. The number of thiophene rings is 1. The molecule has 2 heterocycles. The molecule has 0 saturated heterocycles. The molecule has 0 bridgehead atoms. The van der Waals surface area contributed by atoms with Gasteiger partial charge in [0, 0.05) is 10.4 Å². The van der Waals surface area contributed by atoms with Gasteiger partial charge in [0.05, 0.1) is 4.70 Å². The molecule has 0 aliphatic carbocycles. The number of aromatic nitrogens is 2. The Hall–Kier alpha value is -1.26. The Kier molecular flexibility index (Phi) is 7.63. The summed E-state index contributed by atoms with van der Waals surface area (Å²) in [7, 11) is 0. The van der Waals surface area contributed by atoms with Crippen LogP contribution in [0, 0.1) is 0 Å². The van der Waals surface area contributed by atoms with Crippen molar-refractivity contribution in [3.05, 3.63) is 34.7 Å². The molecular weight excluding hydrogens is 356 g/mol. The first-order valence-corrected chi connectivity index (χ1v) is 11.8. The minimum Gasteiger partial charge on any atom is -0.144 e. The summed E-state index contributed by atoms with van der Waals surface area (Å²) in [6.45, 7) is 4.56. The SMILES string of the molecule is CCCCCCc1cc2snnc2c(-c2cccs2)c1CCCCCC. The van der Waals surface area contributed by atoms with Crippen LogP contribution in [0.3, 0.4) is 0 Å². The predicted octanol–water partition coefficient (Wildman–Crippen LogP) is 7.67. The van der Waals surface area contributed by atoms with Crippen LogP contribution in [0.15, 0.2) is 23.6 Å². The van der Waals surface area contributed by atoms with Crippen molar-refractivity contribution in [2.45, 2.75) is 78.1 Å². The van der Waals surface area contributed by atoms with E-state index in [0.29, 0.717) is 0 Å². The van der Waals surface area contributed by atoms with Gasteiger partial charge in [0.2, 0.25) is 0 Å². The first-order chi connectivity index (χ1) is 12.8. The summed E-state index contributed by atoms with van der Waals surface area (Å²) < 4.78 is 5.52. The number of hydrogen-bond acceptors (Lipinski definition) is 4. The van der Waals surface area contributed by atoms with Crippen molar-refractivity contribution in [1.29, 1.82) is 0 Å². The van der Waals surface area contributed by atoms with Crippen molar-refractivity contribution in [3.63, 3.8) is 0 Å². The van der Waals surface area contributed by atoms with Crippen molar-refractivity contribution in [2.24, 2.45) is 0 Å². The second-order valence-electron chi connectivity index (χ2n) is 7.11. The van der Waals surface area contributed by atoms with Crippen LogP contribution in [0.1, 0.15) is 76.3 Å². The molecule has 3 rings (SSSR count). The molecular formula is C22H30N2S2. The number of unbranched alkanes of at least 4 members (excludes halogenated alkanes) is 6. The fourth-order valence-corrected chi connectivity index (χ4v) is 5.11. The maximum absolute atomic E-state index is 4.51. The molecule has 0 aliphatic rings. The van der Waals surface area contributed by atoms with E-state index in [-0.39, 0.29) is 0 Å². The molecule has 140 valence electrons. The highest BCUT2D eigenvalue weighted by molar-refractivity contribution is 7.14. The molecule has 0 atom stereocenters.